The number of aliphatic hydroxyl groups is 1. The summed E-state index contributed by atoms with van der Waals surface area (Å²) < 4.78 is 5.52. The van der Waals surface area contributed by atoms with Crippen molar-refractivity contribution in [3.8, 4) is 0 Å². The largest absolute Gasteiger partial charge is 0.396 e. The Balaban J connectivity index is 2.47. The molecule has 1 aromatic rings. The second-order valence-electron chi connectivity index (χ2n) is 5.55. The van der Waals surface area contributed by atoms with E-state index in [9.17, 15) is 4.79 Å². The van der Waals surface area contributed by atoms with Crippen LogP contribution in [0.1, 0.15) is 49.5 Å². The van der Waals surface area contributed by atoms with E-state index in [2.05, 4.69) is 12.2 Å². The molecule has 0 aliphatic carbocycles. The fourth-order valence-electron chi connectivity index (χ4n) is 1.99. The molecule has 0 spiro atoms. The summed E-state index contributed by atoms with van der Waals surface area (Å²) in [6.07, 6.45) is 1.87. The minimum Gasteiger partial charge on any atom is -0.396 e. The predicted molar refractivity (Wildman–Crippen MR) is 84.2 cm³/mol. The van der Waals surface area contributed by atoms with Crippen molar-refractivity contribution in [2.45, 2.75) is 46.3 Å². The van der Waals surface area contributed by atoms with Gasteiger partial charge in [0.2, 0.25) is 0 Å². The van der Waals surface area contributed by atoms with Gasteiger partial charge in [0.25, 0.3) is 5.91 Å². The van der Waals surface area contributed by atoms with Crippen LogP contribution in [0.5, 0.6) is 0 Å². The van der Waals surface area contributed by atoms with Gasteiger partial charge in [0.15, 0.2) is 0 Å². The van der Waals surface area contributed by atoms with Crippen molar-refractivity contribution in [3.63, 3.8) is 0 Å². The molecule has 0 fully saturated rings. The van der Waals surface area contributed by atoms with Crippen LogP contribution >= 0.6 is 0 Å². The Bertz CT molecular complexity index is 415. The molecule has 21 heavy (non-hydrogen) atoms. The molecule has 1 aromatic carbocycles. The Morgan fingerprint density at radius 1 is 1.29 bits per heavy atom. The molecule has 1 unspecified atom stereocenters. The van der Waals surface area contributed by atoms with E-state index in [0.29, 0.717) is 24.6 Å². The molecule has 118 valence electrons. The lowest BCUT2D eigenvalue weighted by molar-refractivity contribution is 0.0657. The van der Waals surface area contributed by atoms with Gasteiger partial charge in [-0.25, -0.2) is 0 Å². The van der Waals surface area contributed by atoms with Crippen LogP contribution in [0.25, 0.3) is 0 Å². The third kappa shape index (κ3) is 6.74. The average Bonchev–Trinajstić information content (AvgIpc) is 2.49. The van der Waals surface area contributed by atoms with Crippen molar-refractivity contribution in [2.24, 2.45) is 5.92 Å². The zero-order chi connectivity index (χ0) is 15.7. The predicted octanol–water partition coefficient (Wildman–Crippen LogP) is 2.75. The number of nitrogens with one attached hydrogen (secondary N) is 1. The Labute approximate surface area is 127 Å². The smallest absolute Gasteiger partial charge is 0.251 e. The molecule has 1 atom stereocenters. The van der Waals surface area contributed by atoms with Crippen molar-refractivity contribution in [3.05, 3.63) is 35.4 Å². The number of amides is 1. The standard InChI is InChI=1S/C17H27NO3/c1-4-14(9-10-19)11-18-17(20)16-7-5-15(6-8-16)12-21-13(2)3/h5-8,13-14,19H,4,9-12H2,1-3H3,(H,18,20). The van der Waals surface area contributed by atoms with E-state index in [4.69, 9.17) is 9.84 Å². The number of rotatable bonds is 9. The molecule has 0 saturated carbocycles. The molecular weight excluding hydrogens is 266 g/mol. The van der Waals surface area contributed by atoms with Crippen molar-refractivity contribution in [1.29, 1.82) is 0 Å². The SMILES string of the molecule is CCC(CCO)CNC(=O)c1ccc(COC(C)C)cc1. The second-order valence-corrected chi connectivity index (χ2v) is 5.55. The molecular formula is C17H27NO3. The fourth-order valence-corrected chi connectivity index (χ4v) is 1.99. The topological polar surface area (TPSA) is 58.6 Å². The highest BCUT2D eigenvalue weighted by atomic mass is 16.5. The van der Waals surface area contributed by atoms with Gasteiger partial charge >= 0.3 is 0 Å². The maximum absolute atomic E-state index is 12.0. The molecule has 4 heteroatoms. The number of carbonyl (C=O) groups excluding carboxylic acids is 1. The third-order valence-corrected chi connectivity index (χ3v) is 3.47. The number of hydrogen-bond donors (Lipinski definition) is 2. The van der Waals surface area contributed by atoms with Gasteiger partial charge in [-0.1, -0.05) is 25.5 Å². The van der Waals surface area contributed by atoms with E-state index >= 15 is 0 Å². The highest BCUT2D eigenvalue weighted by molar-refractivity contribution is 5.94. The van der Waals surface area contributed by atoms with Gasteiger partial charge in [0.1, 0.15) is 0 Å². The molecule has 0 heterocycles. The van der Waals surface area contributed by atoms with Crippen LogP contribution in [0.3, 0.4) is 0 Å². The van der Waals surface area contributed by atoms with Gasteiger partial charge in [0, 0.05) is 18.7 Å². The maximum Gasteiger partial charge on any atom is 0.251 e. The average molecular weight is 293 g/mol. The number of carbonyl (C=O) groups is 1. The van der Waals surface area contributed by atoms with Crippen LogP contribution < -0.4 is 5.32 Å². The third-order valence-electron chi connectivity index (χ3n) is 3.47. The zero-order valence-corrected chi connectivity index (χ0v) is 13.3. The Hall–Kier alpha value is -1.39. The lowest BCUT2D eigenvalue weighted by Crippen LogP contribution is -2.29. The Morgan fingerprint density at radius 3 is 2.48 bits per heavy atom. The maximum atomic E-state index is 12.0. The van der Waals surface area contributed by atoms with E-state index in [-0.39, 0.29) is 18.6 Å². The summed E-state index contributed by atoms with van der Waals surface area (Å²) in [6, 6.07) is 7.48. The Kier molecular flexibility index (Phi) is 8.01. The van der Waals surface area contributed by atoms with Gasteiger partial charge < -0.3 is 15.2 Å². The molecule has 0 aromatic heterocycles. The van der Waals surface area contributed by atoms with E-state index in [1.165, 1.54) is 0 Å². The molecule has 0 radical (unpaired) electrons. The molecule has 0 aliphatic rings. The lowest BCUT2D eigenvalue weighted by Gasteiger charge is -2.14. The van der Waals surface area contributed by atoms with Crippen LogP contribution in [0.2, 0.25) is 0 Å². The number of hydrogen-bond acceptors (Lipinski definition) is 3. The number of ether oxygens (including phenoxy) is 1. The highest BCUT2D eigenvalue weighted by Gasteiger charge is 2.09. The van der Waals surface area contributed by atoms with Crippen LogP contribution in [0.4, 0.5) is 0 Å². The zero-order valence-electron chi connectivity index (χ0n) is 13.3. The molecule has 4 nitrogen and oxygen atoms in total. The summed E-state index contributed by atoms with van der Waals surface area (Å²) in [5.41, 5.74) is 1.72. The number of aliphatic hydroxyl groups excluding tert-OH is 1. The van der Waals surface area contributed by atoms with E-state index in [1.807, 2.05) is 38.1 Å². The molecule has 0 bridgehead atoms. The second kappa shape index (κ2) is 9.53. The molecule has 1 rings (SSSR count). The summed E-state index contributed by atoms with van der Waals surface area (Å²) in [5, 5.41) is 11.9. The summed E-state index contributed by atoms with van der Waals surface area (Å²) in [7, 11) is 0. The molecule has 0 saturated heterocycles. The first-order chi connectivity index (χ1) is 10.1. The summed E-state index contributed by atoms with van der Waals surface area (Å²) in [6.45, 7) is 7.40. The summed E-state index contributed by atoms with van der Waals surface area (Å²) in [5.74, 6) is 0.264. The normalized spacial score (nSPS) is 12.4. The van der Waals surface area contributed by atoms with Crippen LogP contribution in [-0.4, -0.2) is 30.3 Å². The minimum absolute atomic E-state index is 0.0669. The van der Waals surface area contributed by atoms with E-state index in [1.54, 1.807) is 0 Å². The van der Waals surface area contributed by atoms with Crippen LogP contribution in [-0.2, 0) is 11.3 Å². The Morgan fingerprint density at radius 2 is 1.95 bits per heavy atom. The van der Waals surface area contributed by atoms with Gasteiger partial charge in [-0.2, -0.15) is 0 Å². The van der Waals surface area contributed by atoms with Crippen LogP contribution in [0, 0.1) is 5.92 Å². The summed E-state index contributed by atoms with van der Waals surface area (Å²) >= 11 is 0. The lowest BCUT2D eigenvalue weighted by atomic mass is 10.0. The van der Waals surface area contributed by atoms with Gasteiger partial charge in [-0.05, 0) is 43.9 Å². The quantitative estimate of drug-likeness (QED) is 0.736. The van der Waals surface area contributed by atoms with Gasteiger partial charge in [-0.15, -0.1) is 0 Å². The molecule has 1 amide bonds. The minimum atomic E-state index is -0.0669. The van der Waals surface area contributed by atoms with Crippen molar-refractivity contribution < 1.29 is 14.6 Å². The van der Waals surface area contributed by atoms with Crippen molar-refractivity contribution in [1.82, 2.24) is 5.32 Å². The van der Waals surface area contributed by atoms with Gasteiger partial charge in [0.05, 0.1) is 12.7 Å². The van der Waals surface area contributed by atoms with Gasteiger partial charge in [-0.3, -0.25) is 4.79 Å². The fraction of sp³-hybridized carbons (Fsp3) is 0.588. The van der Waals surface area contributed by atoms with Crippen LogP contribution in [0.15, 0.2) is 24.3 Å². The monoisotopic (exact) mass is 293 g/mol. The number of benzene rings is 1. The first kappa shape index (κ1) is 17.7. The first-order valence-corrected chi connectivity index (χ1v) is 7.66. The van der Waals surface area contributed by atoms with E-state index < -0.39 is 0 Å². The van der Waals surface area contributed by atoms with Crippen molar-refractivity contribution >= 4 is 5.91 Å². The van der Waals surface area contributed by atoms with E-state index in [0.717, 1.165) is 18.4 Å². The summed E-state index contributed by atoms with van der Waals surface area (Å²) in [4.78, 5) is 12.0. The molecule has 2 N–H and O–H groups in total. The highest BCUT2D eigenvalue weighted by Crippen LogP contribution is 2.09. The molecule has 0 aliphatic heterocycles. The van der Waals surface area contributed by atoms with Crippen molar-refractivity contribution in [2.75, 3.05) is 13.2 Å². The first-order valence-electron chi connectivity index (χ1n) is 7.66.